The van der Waals surface area contributed by atoms with Crippen LogP contribution < -0.4 is 0 Å². The maximum atomic E-state index is 12.2. The molecule has 18 heavy (non-hydrogen) atoms. The number of hydrogen-bond acceptors (Lipinski definition) is 4. The number of aliphatic hydroxyl groups is 1. The van der Waals surface area contributed by atoms with Crippen LogP contribution in [0.2, 0.25) is 0 Å². The lowest BCUT2D eigenvalue weighted by molar-refractivity contribution is -0.159. The second-order valence-electron chi connectivity index (χ2n) is 4.99. The number of carbonyl (C=O) groups is 1. The lowest BCUT2D eigenvalue weighted by Gasteiger charge is -2.31. The van der Waals surface area contributed by atoms with Crippen molar-refractivity contribution in [1.82, 2.24) is 9.99 Å². The summed E-state index contributed by atoms with van der Waals surface area (Å²) in [5, 5.41) is 16.3. The lowest BCUT2D eigenvalue weighted by Crippen LogP contribution is -2.44. The Balaban J connectivity index is 1.97. The molecule has 0 bridgehead atoms. The molecule has 1 N–H and O–H groups in total. The summed E-state index contributed by atoms with van der Waals surface area (Å²) in [6, 6.07) is 3.45. The van der Waals surface area contributed by atoms with Gasteiger partial charge in [-0.15, -0.1) is 0 Å². The molecule has 1 aromatic heterocycles. The summed E-state index contributed by atoms with van der Waals surface area (Å²) in [6.45, 7) is 1.83. The minimum absolute atomic E-state index is 0.0352. The Kier molecular flexibility index (Phi) is 2.45. The van der Waals surface area contributed by atoms with Crippen LogP contribution in [0.25, 0.3) is 0 Å². The van der Waals surface area contributed by atoms with Crippen molar-refractivity contribution in [3.8, 4) is 0 Å². The Labute approximate surface area is 105 Å². The topological polar surface area (TPSA) is 65.8 Å². The molecule has 5 heteroatoms. The number of nitrogens with zero attached hydrogens (tertiary/aromatic N) is 3. The highest BCUT2D eigenvalue weighted by Gasteiger charge is 2.48. The number of carbonyl (C=O) groups excluding carboxylic acids is 1. The van der Waals surface area contributed by atoms with E-state index in [4.69, 9.17) is 0 Å². The number of aromatic nitrogens is 1. The maximum absolute atomic E-state index is 12.2. The van der Waals surface area contributed by atoms with Gasteiger partial charge in [-0.25, -0.2) is 0 Å². The highest BCUT2D eigenvalue weighted by atomic mass is 16.3. The van der Waals surface area contributed by atoms with E-state index in [9.17, 15) is 9.90 Å². The number of pyridine rings is 1. The monoisotopic (exact) mass is 245 g/mol. The Morgan fingerprint density at radius 2 is 2.11 bits per heavy atom. The van der Waals surface area contributed by atoms with E-state index in [1.165, 1.54) is 5.01 Å². The van der Waals surface area contributed by atoms with Crippen molar-refractivity contribution in [3.63, 3.8) is 0 Å². The number of amides is 1. The van der Waals surface area contributed by atoms with E-state index in [2.05, 4.69) is 10.1 Å². The second kappa shape index (κ2) is 3.88. The second-order valence-corrected chi connectivity index (χ2v) is 4.99. The van der Waals surface area contributed by atoms with E-state index in [1.807, 2.05) is 6.92 Å². The van der Waals surface area contributed by atoms with Crippen LogP contribution in [0.3, 0.4) is 0 Å². The van der Waals surface area contributed by atoms with E-state index >= 15 is 0 Å². The fraction of sp³-hybridized carbons (Fsp3) is 0.462. The molecule has 2 aliphatic rings. The third-order valence-electron chi connectivity index (χ3n) is 3.40. The first-order valence-electron chi connectivity index (χ1n) is 6.12. The molecule has 0 spiro atoms. The molecular formula is C13H15N3O2. The molecule has 0 radical (unpaired) electrons. The number of hydrazone groups is 1. The van der Waals surface area contributed by atoms with E-state index in [1.54, 1.807) is 24.5 Å². The quantitative estimate of drug-likeness (QED) is 0.852. The summed E-state index contributed by atoms with van der Waals surface area (Å²) >= 11 is 0. The fourth-order valence-corrected chi connectivity index (χ4v) is 2.30. The normalized spacial score (nSPS) is 27.2. The van der Waals surface area contributed by atoms with Gasteiger partial charge >= 0.3 is 0 Å². The van der Waals surface area contributed by atoms with Crippen molar-refractivity contribution in [2.24, 2.45) is 11.0 Å². The number of rotatable bonds is 2. The van der Waals surface area contributed by atoms with E-state index in [0.717, 1.165) is 18.6 Å². The molecule has 0 unspecified atom stereocenters. The van der Waals surface area contributed by atoms with Crippen molar-refractivity contribution in [2.75, 3.05) is 0 Å². The molecule has 1 amide bonds. The molecule has 1 saturated carbocycles. The Hall–Kier alpha value is -1.75. The zero-order valence-electron chi connectivity index (χ0n) is 10.2. The summed E-state index contributed by atoms with van der Waals surface area (Å²) in [7, 11) is 0. The molecule has 1 atom stereocenters. The summed E-state index contributed by atoms with van der Waals surface area (Å²) in [6.07, 6.45) is 5.38. The standard InChI is InChI=1S/C13H15N3O2/c1-9-8-13(18,11-4-6-14-7-5-11)16(15-9)12(17)10-2-3-10/h4-7,10,18H,2-3,8H2,1H3/t13-/m0/s1. The molecule has 1 fully saturated rings. The van der Waals surface area contributed by atoms with Gasteiger partial charge in [0.1, 0.15) is 0 Å². The van der Waals surface area contributed by atoms with Crippen molar-refractivity contribution in [1.29, 1.82) is 0 Å². The van der Waals surface area contributed by atoms with Gasteiger partial charge in [-0.1, -0.05) is 0 Å². The zero-order valence-corrected chi connectivity index (χ0v) is 10.2. The van der Waals surface area contributed by atoms with Gasteiger partial charge in [-0.3, -0.25) is 9.78 Å². The molecule has 94 valence electrons. The number of hydrogen-bond donors (Lipinski definition) is 1. The first-order chi connectivity index (χ1) is 8.61. The molecule has 3 rings (SSSR count). The van der Waals surface area contributed by atoms with Crippen molar-refractivity contribution in [2.45, 2.75) is 31.9 Å². The highest BCUT2D eigenvalue weighted by molar-refractivity contribution is 5.90. The molecule has 1 aliphatic carbocycles. The van der Waals surface area contributed by atoms with Gasteiger partial charge in [-0.2, -0.15) is 10.1 Å². The third-order valence-corrected chi connectivity index (χ3v) is 3.40. The van der Waals surface area contributed by atoms with Gasteiger partial charge in [-0.05, 0) is 31.9 Å². The van der Waals surface area contributed by atoms with Crippen LogP contribution in [0.4, 0.5) is 0 Å². The van der Waals surface area contributed by atoms with Crippen LogP contribution in [0.1, 0.15) is 31.7 Å². The Morgan fingerprint density at radius 3 is 2.72 bits per heavy atom. The zero-order chi connectivity index (χ0) is 12.8. The van der Waals surface area contributed by atoms with E-state index in [0.29, 0.717) is 12.0 Å². The summed E-state index contributed by atoms with van der Waals surface area (Å²) < 4.78 is 0. The Morgan fingerprint density at radius 1 is 1.44 bits per heavy atom. The molecule has 1 aliphatic heterocycles. The van der Waals surface area contributed by atoms with E-state index in [-0.39, 0.29) is 11.8 Å². The summed E-state index contributed by atoms with van der Waals surface area (Å²) in [5.41, 5.74) is 0.0857. The first-order valence-corrected chi connectivity index (χ1v) is 6.12. The van der Waals surface area contributed by atoms with Gasteiger partial charge < -0.3 is 5.11 Å². The summed E-state index contributed by atoms with van der Waals surface area (Å²) in [5.74, 6) is -0.0424. The van der Waals surface area contributed by atoms with Gasteiger partial charge in [0.05, 0.1) is 0 Å². The van der Waals surface area contributed by atoms with Crippen molar-refractivity contribution >= 4 is 11.6 Å². The molecule has 0 saturated heterocycles. The van der Waals surface area contributed by atoms with Crippen LogP contribution in [0, 0.1) is 5.92 Å². The van der Waals surface area contributed by atoms with E-state index < -0.39 is 5.72 Å². The third kappa shape index (κ3) is 1.71. The van der Waals surface area contributed by atoms with Gasteiger partial charge in [0.2, 0.25) is 5.91 Å². The average molecular weight is 245 g/mol. The minimum atomic E-state index is -1.34. The molecular weight excluding hydrogens is 230 g/mol. The molecule has 5 nitrogen and oxygen atoms in total. The van der Waals surface area contributed by atoms with Crippen LogP contribution >= 0.6 is 0 Å². The predicted octanol–water partition coefficient (Wildman–Crippen LogP) is 1.24. The van der Waals surface area contributed by atoms with Crippen molar-refractivity contribution in [3.05, 3.63) is 30.1 Å². The molecule has 2 heterocycles. The lowest BCUT2D eigenvalue weighted by atomic mass is 9.98. The van der Waals surface area contributed by atoms with Gasteiger partial charge in [0.25, 0.3) is 0 Å². The van der Waals surface area contributed by atoms with Crippen LogP contribution in [-0.4, -0.2) is 26.7 Å². The van der Waals surface area contributed by atoms with Gasteiger partial charge in [0.15, 0.2) is 5.72 Å². The van der Waals surface area contributed by atoms with Gasteiger partial charge in [0, 0.05) is 36.0 Å². The van der Waals surface area contributed by atoms with Crippen molar-refractivity contribution < 1.29 is 9.90 Å². The van der Waals surface area contributed by atoms with Crippen LogP contribution in [-0.2, 0) is 10.5 Å². The predicted molar refractivity (Wildman–Crippen MR) is 65.4 cm³/mol. The Bertz CT molecular complexity index is 510. The molecule has 0 aromatic carbocycles. The SMILES string of the molecule is CC1=NN(C(=O)C2CC2)[C@@](O)(c2ccncc2)C1. The summed E-state index contributed by atoms with van der Waals surface area (Å²) in [4.78, 5) is 16.1. The first kappa shape index (κ1) is 11.3. The highest BCUT2D eigenvalue weighted by Crippen LogP contribution is 2.40. The van der Waals surface area contributed by atoms with Crippen LogP contribution in [0.15, 0.2) is 29.6 Å². The minimum Gasteiger partial charge on any atom is -0.365 e. The van der Waals surface area contributed by atoms with Crippen LogP contribution in [0.5, 0.6) is 0 Å². The molecule has 1 aromatic rings. The maximum Gasteiger partial charge on any atom is 0.248 e. The average Bonchev–Trinajstić information content (AvgIpc) is 3.16. The largest absolute Gasteiger partial charge is 0.365 e. The smallest absolute Gasteiger partial charge is 0.248 e. The fourth-order valence-electron chi connectivity index (χ4n) is 2.30.